The second kappa shape index (κ2) is 12.4. The third-order valence-corrected chi connectivity index (χ3v) is 6.78. The van der Waals surface area contributed by atoms with Crippen molar-refractivity contribution in [2.45, 2.75) is 53.0 Å². The maximum atomic E-state index is 12.6. The Balaban J connectivity index is 2.78. The summed E-state index contributed by atoms with van der Waals surface area (Å²) in [5.74, 6) is 1.30. The lowest BCUT2D eigenvalue weighted by atomic mass is 9.87. The van der Waals surface area contributed by atoms with Crippen molar-refractivity contribution in [3.05, 3.63) is 27.7 Å². The highest BCUT2D eigenvalue weighted by Gasteiger charge is 2.31. The minimum Gasteiger partial charge on any atom is -0.490 e. The Bertz CT molecular complexity index is 787. The molecule has 0 aliphatic carbocycles. The Morgan fingerprint density at radius 1 is 1.20 bits per heavy atom. The number of halogens is 2. The van der Waals surface area contributed by atoms with E-state index in [1.165, 1.54) is 25.0 Å². The van der Waals surface area contributed by atoms with Crippen LogP contribution in [0.25, 0.3) is 0 Å². The van der Waals surface area contributed by atoms with E-state index in [4.69, 9.17) is 27.9 Å². The molecule has 0 bridgehead atoms. The van der Waals surface area contributed by atoms with Crippen LogP contribution in [0.3, 0.4) is 0 Å². The second-order valence-corrected chi connectivity index (χ2v) is 11.6. The van der Waals surface area contributed by atoms with Crippen molar-refractivity contribution in [3.63, 3.8) is 0 Å². The van der Waals surface area contributed by atoms with Crippen LogP contribution in [0.4, 0.5) is 0 Å². The minimum atomic E-state index is -4.27. The zero-order chi connectivity index (χ0) is 22.9. The maximum absolute atomic E-state index is 12.6. The average molecular weight is 501 g/mol. The molecule has 1 aromatic rings. The normalized spacial score (nSPS) is 13.2. The number of thioether (sulfide) groups is 1. The molecule has 172 valence electrons. The van der Waals surface area contributed by atoms with Crippen LogP contribution < -0.4 is 10.1 Å². The highest BCUT2D eigenvalue weighted by atomic mass is 35.5. The third-order valence-electron chi connectivity index (χ3n) is 4.31. The molecule has 30 heavy (non-hydrogen) atoms. The summed E-state index contributed by atoms with van der Waals surface area (Å²) in [6.07, 6.45) is 3.24. The van der Waals surface area contributed by atoms with E-state index < -0.39 is 33.2 Å². The van der Waals surface area contributed by atoms with Crippen LogP contribution in [0, 0.1) is 5.41 Å². The van der Waals surface area contributed by atoms with Gasteiger partial charge in [-0.1, -0.05) is 57.3 Å². The SMILES string of the molecule is CCCCSCCCOc1c(Cl)cc(C(=O)NC(CS(=O)(=O)O)C(C)(C)C)cc1Cl. The standard InChI is InChI=1S/C20H31Cl2NO5S2/c1-5-6-9-29-10-7-8-28-18-15(21)11-14(12-16(18)22)19(24)23-17(20(2,3)4)13-30(25,26)27/h11-12,17H,5-10,13H2,1-4H3,(H,23,24)(H,25,26,27). The molecule has 1 atom stereocenters. The summed E-state index contributed by atoms with van der Waals surface area (Å²) >= 11 is 14.4. The van der Waals surface area contributed by atoms with Crippen molar-refractivity contribution >= 4 is 51.0 Å². The van der Waals surface area contributed by atoms with Gasteiger partial charge < -0.3 is 10.1 Å². The first-order valence-electron chi connectivity index (χ1n) is 9.80. The quantitative estimate of drug-likeness (QED) is 0.298. The molecule has 0 saturated carbocycles. The van der Waals surface area contributed by atoms with Gasteiger partial charge in [-0.3, -0.25) is 9.35 Å². The van der Waals surface area contributed by atoms with Gasteiger partial charge in [0.1, 0.15) is 0 Å². The van der Waals surface area contributed by atoms with Crippen molar-refractivity contribution in [1.82, 2.24) is 5.32 Å². The molecular weight excluding hydrogens is 469 g/mol. The van der Waals surface area contributed by atoms with E-state index in [0.717, 1.165) is 17.9 Å². The summed E-state index contributed by atoms with van der Waals surface area (Å²) in [5, 5.41) is 3.05. The summed E-state index contributed by atoms with van der Waals surface area (Å²) in [7, 11) is -4.27. The molecule has 6 nitrogen and oxygen atoms in total. The fourth-order valence-corrected chi connectivity index (χ4v) is 5.09. The molecule has 1 unspecified atom stereocenters. The van der Waals surface area contributed by atoms with Crippen molar-refractivity contribution in [2.24, 2.45) is 5.41 Å². The number of carbonyl (C=O) groups is 1. The van der Waals surface area contributed by atoms with Gasteiger partial charge in [-0.25, -0.2) is 0 Å². The first-order chi connectivity index (χ1) is 13.8. The Morgan fingerprint density at radius 3 is 2.27 bits per heavy atom. The van der Waals surface area contributed by atoms with E-state index in [-0.39, 0.29) is 15.6 Å². The van der Waals surface area contributed by atoms with Gasteiger partial charge in [0, 0.05) is 5.56 Å². The van der Waals surface area contributed by atoms with E-state index in [1.54, 1.807) is 20.8 Å². The molecule has 0 spiro atoms. The fourth-order valence-electron chi connectivity index (χ4n) is 2.47. The van der Waals surface area contributed by atoms with Crippen molar-refractivity contribution in [3.8, 4) is 5.75 Å². The summed E-state index contributed by atoms with van der Waals surface area (Å²) < 4.78 is 37.5. The highest BCUT2D eigenvalue weighted by molar-refractivity contribution is 7.99. The number of unbranched alkanes of at least 4 members (excludes halogenated alkanes) is 1. The van der Waals surface area contributed by atoms with E-state index in [9.17, 15) is 17.8 Å². The van der Waals surface area contributed by atoms with Crippen LogP contribution in [-0.2, 0) is 10.1 Å². The molecule has 2 N–H and O–H groups in total. The minimum absolute atomic E-state index is 0.178. The van der Waals surface area contributed by atoms with E-state index in [2.05, 4.69) is 12.2 Å². The number of hydrogen-bond donors (Lipinski definition) is 2. The lowest BCUT2D eigenvalue weighted by Crippen LogP contribution is -2.47. The zero-order valence-corrected chi connectivity index (χ0v) is 21.0. The second-order valence-electron chi connectivity index (χ2n) is 8.08. The molecule has 10 heteroatoms. The van der Waals surface area contributed by atoms with Crippen molar-refractivity contribution < 1.29 is 22.5 Å². The van der Waals surface area contributed by atoms with Gasteiger partial charge in [-0.05, 0) is 41.9 Å². The van der Waals surface area contributed by atoms with E-state index >= 15 is 0 Å². The van der Waals surface area contributed by atoms with E-state index in [1.807, 2.05) is 11.8 Å². The molecule has 1 aromatic carbocycles. The Hall–Kier alpha value is -0.670. The first kappa shape index (κ1) is 27.4. The van der Waals surface area contributed by atoms with Crippen LogP contribution in [0.15, 0.2) is 12.1 Å². The predicted molar refractivity (Wildman–Crippen MR) is 126 cm³/mol. The Labute approximate surface area is 194 Å². The first-order valence-corrected chi connectivity index (χ1v) is 13.3. The molecule has 1 rings (SSSR count). The maximum Gasteiger partial charge on any atom is 0.266 e. The van der Waals surface area contributed by atoms with Crippen molar-refractivity contribution in [1.29, 1.82) is 0 Å². The van der Waals surface area contributed by atoms with Gasteiger partial charge >= 0.3 is 0 Å². The average Bonchev–Trinajstić information content (AvgIpc) is 2.60. The highest BCUT2D eigenvalue weighted by Crippen LogP contribution is 2.34. The zero-order valence-electron chi connectivity index (χ0n) is 17.8. The molecule has 0 heterocycles. The number of amides is 1. The number of hydrogen-bond acceptors (Lipinski definition) is 5. The Morgan fingerprint density at radius 2 is 1.77 bits per heavy atom. The summed E-state index contributed by atoms with van der Waals surface area (Å²) in [5.41, 5.74) is -0.422. The molecule has 1 amide bonds. The predicted octanol–water partition coefficient (Wildman–Crippen LogP) is 5.33. The Kier molecular flexibility index (Phi) is 11.3. The van der Waals surface area contributed by atoms with Gasteiger partial charge in [-0.15, -0.1) is 0 Å². The smallest absolute Gasteiger partial charge is 0.266 e. The monoisotopic (exact) mass is 499 g/mol. The van der Waals surface area contributed by atoms with Gasteiger partial charge in [-0.2, -0.15) is 20.2 Å². The van der Waals surface area contributed by atoms with Crippen molar-refractivity contribution in [2.75, 3.05) is 23.9 Å². The van der Waals surface area contributed by atoms with Gasteiger partial charge in [0.25, 0.3) is 16.0 Å². The number of ether oxygens (including phenoxy) is 1. The molecule has 0 fully saturated rings. The fraction of sp³-hybridized carbons (Fsp3) is 0.650. The van der Waals surface area contributed by atoms with Gasteiger partial charge in [0.05, 0.1) is 28.4 Å². The molecular formula is C20H31Cl2NO5S2. The van der Waals surface area contributed by atoms with Crippen LogP contribution in [0.5, 0.6) is 5.75 Å². The molecule has 0 aliphatic rings. The van der Waals surface area contributed by atoms with Crippen LogP contribution >= 0.6 is 35.0 Å². The topological polar surface area (TPSA) is 92.7 Å². The summed E-state index contributed by atoms with van der Waals surface area (Å²) in [6.45, 7) is 7.92. The number of benzene rings is 1. The summed E-state index contributed by atoms with van der Waals surface area (Å²) in [4.78, 5) is 12.6. The molecule has 0 aliphatic heterocycles. The molecule has 0 saturated heterocycles. The lowest BCUT2D eigenvalue weighted by Gasteiger charge is -2.30. The third kappa shape index (κ3) is 10.1. The summed E-state index contributed by atoms with van der Waals surface area (Å²) in [6, 6.07) is 2.06. The molecule has 0 aromatic heterocycles. The largest absolute Gasteiger partial charge is 0.490 e. The molecule has 0 radical (unpaired) electrons. The van der Waals surface area contributed by atoms with E-state index in [0.29, 0.717) is 12.4 Å². The number of carbonyl (C=O) groups excluding carboxylic acids is 1. The number of nitrogens with one attached hydrogen (secondary N) is 1. The van der Waals surface area contributed by atoms with Gasteiger partial charge in [0.2, 0.25) is 0 Å². The number of rotatable bonds is 12. The lowest BCUT2D eigenvalue weighted by molar-refractivity contribution is 0.0911. The van der Waals surface area contributed by atoms with Crippen LogP contribution in [0.2, 0.25) is 10.0 Å². The van der Waals surface area contributed by atoms with Crippen LogP contribution in [0.1, 0.15) is 57.3 Å². The van der Waals surface area contributed by atoms with Crippen LogP contribution in [-0.4, -0.2) is 48.8 Å². The van der Waals surface area contributed by atoms with Gasteiger partial charge in [0.15, 0.2) is 5.75 Å².